The van der Waals surface area contributed by atoms with Gasteiger partial charge in [0.2, 0.25) is 5.71 Å². The van der Waals surface area contributed by atoms with Gasteiger partial charge in [-0.05, 0) is 38.7 Å². The summed E-state index contributed by atoms with van der Waals surface area (Å²) in [5.41, 5.74) is 5.12. The van der Waals surface area contributed by atoms with Gasteiger partial charge in [-0.2, -0.15) is 0 Å². The maximum Gasteiger partial charge on any atom is 0.229 e. The molecule has 0 saturated heterocycles. The van der Waals surface area contributed by atoms with Crippen molar-refractivity contribution in [2.24, 2.45) is 5.92 Å². The SMILES string of the molecule is CC(C)Cc1nc2oc3c(NCC(C)O)ncnc3c2c2c1COC(C)(C)C2. The summed E-state index contributed by atoms with van der Waals surface area (Å²) in [5.74, 6) is 1.06. The lowest BCUT2D eigenvalue weighted by molar-refractivity contribution is -0.0402. The molecule has 4 heterocycles. The van der Waals surface area contributed by atoms with Gasteiger partial charge in [-0.25, -0.2) is 15.0 Å². The van der Waals surface area contributed by atoms with E-state index in [4.69, 9.17) is 14.1 Å². The lowest BCUT2D eigenvalue weighted by Crippen LogP contribution is -2.33. The van der Waals surface area contributed by atoms with Crippen LogP contribution in [0.25, 0.3) is 22.2 Å². The third kappa shape index (κ3) is 3.44. The summed E-state index contributed by atoms with van der Waals surface area (Å²) in [5, 5.41) is 13.7. The highest BCUT2D eigenvalue weighted by molar-refractivity contribution is 6.06. The van der Waals surface area contributed by atoms with Gasteiger partial charge in [-0.15, -0.1) is 0 Å². The number of nitrogens with zero attached hydrogens (tertiary/aromatic N) is 3. The van der Waals surface area contributed by atoms with Crippen molar-refractivity contribution in [2.45, 2.75) is 65.8 Å². The summed E-state index contributed by atoms with van der Waals surface area (Å²) in [6.07, 6.45) is 2.69. The predicted molar refractivity (Wildman–Crippen MR) is 108 cm³/mol. The van der Waals surface area contributed by atoms with Crippen LogP contribution in [0.3, 0.4) is 0 Å². The van der Waals surface area contributed by atoms with Gasteiger partial charge in [0.25, 0.3) is 0 Å². The quantitative estimate of drug-likeness (QED) is 0.694. The predicted octanol–water partition coefficient (Wildman–Crippen LogP) is 3.61. The van der Waals surface area contributed by atoms with Gasteiger partial charge in [-0.3, -0.25) is 0 Å². The Hall–Kier alpha value is -2.25. The molecule has 3 aromatic rings. The van der Waals surface area contributed by atoms with Crippen molar-refractivity contribution in [3.05, 3.63) is 23.1 Å². The highest BCUT2D eigenvalue weighted by atomic mass is 16.5. The number of anilines is 1. The van der Waals surface area contributed by atoms with Crippen LogP contribution in [0.1, 0.15) is 51.4 Å². The zero-order valence-electron chi connectivity index (χ0n) is 17.2. The van der Waals surface area contributed by atoms with Crippen molar-refractivity contribution in [2.75, 3.05) is 11.9 Å². The number of aliphatic hydroxyl groups excluding tert-OH is 1. The minimum Gasteiger partial charge on any atom is -0.432 e. The summed E-state index contributed by atoms with van der Waals surface area (Å²) < 4.78 is 12.2. The normalized spacial score (nSPS) is 17.2. The second-order valence-corrected chi connectivity index (χ2v) is 8.75. The van der Waals surface area contributed by atoms with Crippen LogP contribution in [0.2, 0.25) is 0 Å². The molecule has 1 atom stereocenters. The van der Waals surface area contributed by atoms with Crippen LogP contribution in [0.15, 0.2) is 10.7 Å². The molecule has 0 fully saturated rings. The molecule has 28 heavy (non-hydrogen) atoms. The molecule has 0 amide bonds. The van der Waals surface area contributed by atoms with Crippen molar-refractivity contribution in [1.82, 2.24) is 15.0 Å². The van der Waals surface area contributed by atoms with Crippen molar-refractivity contribution < 1.29 is 14.3 Å². The fourth-order valence-corrected chi connectivity index (χ4v) is 3.80. The largest absolute Gasteiger partial charge is 0.432 e. The Kier molecular flexibility index (Phi) is 4.75. The maximum atomic E-state index is 9.60. The van der Waals surface area contributed by atoms with Crippen LogP contribution >= 0.6 is 0 Å². The average Bonchev–Trinajstić information content (AvgIpc) is 2.97. The van der Waals surface area contributed by atoms with E-state index in [9.17, 15) is 5.11 Å². The molecular formula is C21H28N4O3. The van der Waals surface area contributed by atoms with Gasteiger partial charge >= 0.3 is 0 Å². The van der Waals surface area contributed by atoms with E-state index in [0.29, 0.717) is 36.2 Å². The van der Waals surface area contributed by atoms with Gasteiger partial charge in [-0.1, -0.05) is 13.8 Å². The van der Waals surface area contributed by atoms with Crippen LogP contribution in [0.4, 0.5) is 5.82 Å². The van der Waals surface area contributed by atoms with E-state index in [0.717, 1.165) is 29.4 Å². The number of pyridine rings is 1. The number of aliphatic hydroxyl groups is 1. The first-order valence-electron chi connectivity index (χ1n) is 9.89. The van der Waals surface area contributed by atoms with Gasteiger partial charge in [0.1, 0.15) is 11.8 Å². The molecule has 3 aromatic heterocycles. The molecular weight excluding hydrogens is 356 g/mol. The van der Waals surface area contributed by atoms with E-state index >= 15 is 0 Å². The number of aromatic nitrogens is 3. The first-order valence-corrected chi connectivity index (χ1v) is 9.89. The number of nitrogens with one attached hydrogen (secondary N) is 1. The topological polar surface area (TPSA) is 93.3 Å². The molecule has 0 spiro atoms. The summed E-state index contributed by atoms with van der Waals surface area (Å²) in [4.78, 5) is 13.7. The molecule has 0 saturated carbocycles. The number of furan rings is 1. The zero-order valence-corrected chi connectivity index (χ0v) is 17.2. The number of hydrogen-bond acceptors (Lipinski definition) is 7. The second kappa shape index (κ2) is 6.97. The third-order valence-corrected chi connectivity index (χ3v) is 5.08. The van der Waals surface area contributed by atoms with Crippen molar-refractivity contribution in [3.8, 4) is 0 Å². The molecule has 0 aliphatic carbocycles. The molecule has 4 rings (SSSR count). The first kappa shape index (κ1) is 19.1. The average molecular weight is 384 g/mol. The highest BCUT2D eigenvalue weighted by Gasteiger charge is 2.32. The van der Waals surface area contributed by atoms with Gasteiger partial charge in [0.05, 0.1) is 29.4 Å². The summed E-state index contributed by atoms with van der Waals surface area (Å²) in [6, 6.07) is 0. The molecule has 150 valence electrons. The molecule has 0 aromatic carbocycles. The van der Waals surface area contributed by atoms with E-state index in [1.807, 2.05) is 0 Å². The Morgan fingerprint density at radius 1 is 1.21 bits per heavy atom. The standard InChI is InChI=1S/C21H28N4O3/c1-11(2)6-15-14-9-27-21(4,5)7-13(14)16-17-18(28-20(16)25-15)19(24-10-23-17)22-8-12(3)26/h10-12,26H,6-9H2,1-5H3,(H,22,23,24). The van der Waals surface area contributed by atoms with E-state index in [1.165, 1.54) is 17.5 Å². The molecule has 7 nitrogen and oxygen atoms in total. The van der Waals surface area contributed by atoms with Gasteiger partial charge in [0.15, 0.2) is 11.4 Å². The first-order chi connectivity index (χ1) is 13.2. The van der Waals surface area contributed by atoms with Gasteiger partial charge < -0.3 is 19.6 Å². The van der Waals surface area contributed by atoms with Crippen LogP contribution in [-0.4, -0.2) is 38.3 Å². The third-order valence-electron chi connectivity index (χ3n) is 5.08. The number of fused-ring (bicyclic) bond motifs is 5. The summed E-state index contributed by atoms with van der Waals surface area (Å²) in [6.45, 7) is 11.3. The van der Waals surface area contributed by atoms with Crippen molar-refractivity contribution in [3.63, 3.8) is 0 Å². The molecule has 1 aliphatic heterocycles. The van der Waals surface area contributed by atoms with Crippen molar-refractivity contribution >= 4 is 28.0 Å². The van der Waals surface area contributed by atoms with Gasteiger partial charge in [0, 0.05) is 18.5 Å². The van der Waals surface area contributed by atoms with E-state index in [2.05, 4.69) is 43.0 Å². The number of rotatable bonds is 5. The fourth-order valence-electron chi connectivity index (χ4n) is 3.80. The van der Waals surface area contributed by atoms with Crippen LogP contribution in [0, 0.1) is 5.92 Å². The molecule has 7 heteroatoms. The van der Waals surface area contributed by atoms with Crippen LogP contribution < -0.4 is 5.32 Å². The summed E-state index contributed by atoms with van der Waals surface area (Å²) in [7, 11) is 0. The lowest BCUT2D eigenvalue weighted by Gasteiger charge is -2.33. The Labute approximate surface area is 164 Å². The van der Waals surface area contributed by atoms with E-state index in [1.54, 1.807) is 6.92 Å². The highest BCUT2D eigenvalue weighted by Crippen LogP contribution is 2.39. The smallest absolute Gasteiger partial charge is 0.229 e. The monoisotopic (exact) mass is 384 g/mol. The van der Waals surface area contributed by atoms with E-state index in [-0.39, 0.29) is 5.60 Å². The Balaban J connectivity index is 1.95. The minimum absolute atomic E-state index is 0.250. The number of ether oxygens (including phenoxy) is 1. The Morgan fingerprint density at radius 2 is 2.00 bits per heavy atom. The number of hydrogen-bond donors (Lipinski definition) is 2. The lowest BCUT2D eigenvalue weighted by atomic mass is 9.88. The Morgan fingerprint density at radius 3 is 2.71 bits per heavy atom. The van der Waals surface area contributed by atoms with Crippen molar-refractivity contribution in [1.29, 1.82) is 0 Å². The van der Waals surface area contributed by atoms with Crippen LogP contribution in [-0.2, 0) is 24.2 Å². The minimum atomic E-state index is -0.490. The second-order valence-electron chi connectivity index (χ2n) is 8.75. The van der Waals surface area contributed by atoms with Crippen LogP contribution in [0.5, 0.6) is 0 Å². The maximum absolute atomic E-state index is 9.60. The molecule has 1 aliphatic rings. The molecule has 0 radical (unpaired) electrons. The fraction of sp³-hybridized carbons (Fsp3) is 0.571. The molecule has 2 N–H and O–H groups in total. The summed E-state index contributed by atoms with van der Waals surface area (Å²) >= 11 is 0. The molecule has 0 bridgehead atoms. The van der Waals surface area contributed by atoms with E-state index < -0.39 is 6.10 Å². The zero-order chi connectivity index (χ0) is 20.1. The Bertz CT molecular complexity index is 1020. The molecule has 1 unspecified atom stereocenters.